The van der Waals surface area contributed by atoms with Crippen LogP contribution in [-0.4, -0.2) is 29.3 Å². The van der Waals surface area contributed by atoms with Gasteiger partial charge in [-0.1, -0.05) is 36.4 Å². The first kappa shape index (κ1) is 15.9. The van der Waals surface area contributed by atoms with Gasteiger partial charge in [-0.15, -0.1) is 0 Å². The number of fused-ring (bicyclic) bond motifs is 1. The van der Waals surface area contributed by atoms with Gasteiger partial charge in [0.15, 0.2) is 0 Å². The normalized spacial score (nSPS) is 24.1. The molecule has 0 aromatic heterocycles. The monoisotopic (exact) mass is 334 g/mol. The Morgan fingerprint density at radius 2 is 1.84 bits per heavy atom. The van der Waals surface area contributed by atoms with Gasteiger partial charge in [0, 0.05) is 12.1 Å². The molecule has 3 atom stereocenters. The molecule has 1 aliphatic carbocycles. The van der Waals surface area contributed by atoms with E-state index in [-0.39, 0.29) is 17.7 Å². The zero-order valence-electron chi connectivity index (χ0n) is 14.5. The summed E-state index contributed by atoms with van der Waals surface area (Å²) in [5, 5.41) is 0. The van der Waals surface area contributed by atoms with E-state index in [1.54, 1.807) is 4.90 Å². The molecule has 0 spiro atoms. The molecule has 4 heteroatoms. The van der Waals surface area contributed by atoms with Gasteiger partial charge in [0.1, 0.15) is 6.04 Å². The van der Waals surface area contributed by atoms with Crippen molar-refractivity contribution in [3.8, 4) is 11.1 Å². The lowest BCUT2D eigenvalue weighted by atomic mass is 9.95. The first-order valence-electron chi connectivity index (χ1n) is 8.74. The van der Waals surface area contributed by atoms with Crippen molar-refractivity contribution in [2.24, 2.45) is 17.6 Å². The van der Waals surface area contributed by atoms with Crippen molar-refractivity contribution >= 4 is 11.8 Å². The lowest BCUT2D eigenvalue weighted by Crippen LogP contribution is -2.46. The van der Waals surface area contributed by atoms with Crippen LogP contribution in [0.1, 0.15) is 27.9 Å². The number of amides is 2. The fraction of sp³-hybridized carbons (Fsp3) is 0.333. The predicted molar refractivity (Wildman–Crippen MR) is 97.0 cm³/mol. The Kier molecular flexibility index (Phi) is 3.64. The highest BCUT2D eigenvalue weighted by Gasteiger charge is 2.56. The number of likely N-dealkylation sites (tertiary alicyclic amines) is 1. The van der Waals surface area contributed by atoms with Crippen LogP contribution in [0.15, 0.2) is 42.5 Å². The largest absolute Gasteiger partial charge is 0.368 e. The summed E-state index contributed by atoms with van der Waals surface area (Å²) in [5.74, 6) is 0.220. The third kappa shape index (κ3) is 2.62. The number of rotatable bonds is 3. The van der Waals surface area contributed by atoms with Gasteiger partial charge >= 0.3 is 0 Å². The molecule has 2 aromatic carbocycles. The Balaban J connectivity index is 1.72. The molecular weight excluding hydrogens is 312 g/mol. The van der Waals surface area contributed by atoms with Gasteiger partial charge in [0.2, 0.25) is 5.91 Å². The molecule has 0 radical (unpaired) electrons. The van der Waals surface area contributed by atoms with Crippen molar-refractivity contribution in [2.75, 3.05) is 6.54 Å². The molecule has 0 unspecified atom stereocenters. The first-order valence-corrected chi connectivity index (χ1v) is 8.74. The Labute approximate surface area is 147 Å². The Bertz CT molecular complexity index is 874. The van der Waals surface area contributed by atoms with Gasteiger partial charge in [-0.05, 0) is 60.4 Å². The second-order valence-corrected chi connectivity index (χ2v) is 7.31. The van der Waals surface area contributed by atoms with Crippen LogP contribution < -0.4 is 5.73 Å². The molecule has 1 aliphatic heterocycles. The van der Waals surface area contributed by atoms with Gasteiger partial charge in [-0.2, -0.15) is 0 Å². The summed E-state index contributed by atoms with van der Waals surface area (Å²) in [6.45, 7) is 4.78. The van der Waals surface area contributed by atoms with Crippen LogP contribution in [-0.2, 0) is 4.79 Å². The van der Waals surface area contributed by atoms with Gasteiger partial charge in [0.05, 0.1) is 0 Å². The Hall–Kier alpha value is -2.62. The molecule has 2 amide bonds. The third-order valence-corrected chi connectivity index (χ3v) is 5.68. The number of primary amides is 1. The molecule has 2 aromatic rings. The molecular formula is C21H22N2O2. The van der Waals surface area contributed by atoms with Crippen LogP contribution in [0.5, 0.6) is 0 Å². The van der Waals surface area contributed by atoms with E-state index >= 15 is 0 Å². The number of hydrogen-bond donors (Lipinski definition) is 1. The van der Waals surface area contributed by atoms with Crippen molar-refractivity contribution < 1.29 is 9.59 Å². The molecule has 128 valence electrons. The smallest absolute Gasteiger partial charge is 0.255 e. The number of benzene rings is 2. The van der Waals surface area contributed by atoms with Crippen molar-refractivity contribution in [3.05, 3.63) is 59.2 Å². The molecule has 2 aliphatic rings. The van der Waals surface area contributed by atoms with Crippen LogP contribution in [0.3, 0.4) is 0 Å². The fourth-order valence-electron chi connectivity index (χ4n) is 4.02. The van der Waals surface area contributed by atoms with Gasteiger partial charge < -0.3 is 10.6 Å². The average Bonchev–Trinajstić information content (AvgIpc) is 3.25. The summed E-state index contributed by atoms with van der Waals surface area (Å²) < 4.78 is 0. The van der Waals surface area contributed by atoms with E-state index in [1.165, 1.54) is 11.1 Å². The zero-order chi connectivity index (χ0) is 17.7. The van der Waals surface area contributed by atoms with Crippen molar-refractivity contribution in [3.63, 3.8) is 0 Å². The van der Waals surface area contributed by atoms with E-state index < -0.39 is 6.04 Å². The summed E-state index contributed by atoms with van der Waals surface area (Å²) >= 11 is 0. The quantitative estimate of drug-likeness (QED) is 0.938. The summed E-state index contributed by atoms with van der Waals surface area (Å²) in [4.78, 5) is 26.7. The van der Waals surface area contributed by atoms with Crippen molar-refractivity contribution in [1.82, 2.24) is 4.90 Å². The van der Waals surface area contributed by atoms with E-state index in [2.05, 4.69) is 26.0 Å². The van der Waals surface area contributed by atoms with Gasteiger partial charge in [0.25, 0.3) is 5.91 Å². The number of piperidine rings is 1. The maximum Gasteiger partial charge on any atom is 0.255 e. The molecule has 1 saturated carbocycles. The van der Waals surface area contributed by atoms with Crippen molar-refractivity contribution in [1.29, 1.82) is 0 Å². The SMILES string of the molecule is Cc1ccc(-c2ccccc2C(=O)N2C[C@H]3C[C@H]3[C@H]2C(N)=O)cc1C. The topological polar surface area (TPSA) is 63.4 Å². The van der Waals surface area contributed by atoms with E-state index in [4.69, 9.17) is 5.73 Å². The minimum Gasteiger partial charge on any atom is -0.368 e. The Morgan fingerprint density at radius 1 is 1.08 bits per heavy atom. The van der Waals surface area contributed by atoms with Crippen molar-refractivity contribution in [2.45, 2.75) is 26.3 Å². The first-order chi connectivity index (χ1) is 12.0. The number of nitrogens with two attached hydrogens (primary N) is 1. The number of aryl methyl sites for hydroxylation is 2. The molecule has 2 fully saturated rings. The molecule has 4 nitrogen and oxygen atoms in total. The maximum absolute atomic E-state index is 13.2. The van der Waals surface area contributed by atoms with E-state index in [9.17, 15) is 9.59 Å². The number of hydrogen-bond acceptors (Lipinski definition) is 2. The van der Waals surface area contributed by atoms with Gasteiger partial charge in [-0.25, -0.2) is 0 Å². The number of carbonyl (C=O) groups excluding carboxylic acids is 2. The summed E-state index contributed by atoms with van der Waals surface area (Å²) in [7, 11) is 0. The lowest BCUT2D eigenvalue weighted by molar-refractivity contribution is -0.122. The van der Waals surface area contributed by atoms with E-state index in [0.717, 1.165) is 17.5 Å². The Morgan fingerprint density at radius 3 is 2.56 bits per heavy atom. The highest BCUT2D eigenvalue weighted by atomic mass is 16.2. The standard InChI is InChI=1S/C21H22N2O2/c1-12-7-8-14(9-13(12)2)16-5-3-4-6-17(16)21(25)23-11-15-10-18(15)19(23)20(22)24/h3-9,15,18-19H,10-11H2,1-2H3,(H2,22,24)/t15-,18-,19+/m1/s1. The second kappa shape index (κ2) is 5.73. The third-order valence-electron chi connectivity index (χ3n) is 5.68. The van der Waals surface area contributed by atoms with Crippen LogP contribution >= 0.6 is 0 Å². The molecule has 2 N–H and O–H groups in total. The van der Waals surface area contributed by atoms with Crippen LogP contribution in [0.4, 0.5) is 0 Å². The minimum atomic E-state index is -0.453. The minimum absolute atomic E-state index is 0.0928. The number of carbonyl (C=O) groups is 2. The average molecular weight is 334 g/mol. The van der Waals surface area contributed by atoms with E-state index in [1.807, 2.05) is 30.3 Å². The lowest BCUT2D eigenvalue weighted by Gasteiger charge is -2.26. The fourth-order valence-corrected chi connectivity index (χ4v) is 4.02. The van der Waals surface area contributed by atoms with Crippen LogP contribution in [0.2, 0.25) is 0 Å². The summed E-state index contributed by atoms with van der Waals surface area (Å²) in [6, 6.07) is 13.4. The molecule has 1 heterocycles. The molecule has 25 heavy (non-hydrogen) atoms. The van der Waals surface area contributed by atoms with Gasteiger partial charge in [-0.3, -0.25) is 9.59 Å². The number of nitrogens with zero attached hydrogens (tertiary/aromatic N) is 1. The highest BCUT2D eigenvalue weighted by molar-refractivity contribution is 6.03. The predicted octanol–water partition coefficient (Wildman–Crippen LogP) is 2.92. The zero-order valence-corrected chi connectivity index (χ0v) is 14.5. The van der Waals surface area contributed by atoms with Crippen LogP contribution in [0.25, 0.3) is 11.1 Å². The maximum atomic E-state index is 13.2. The summed E-state index contributed by atoms with van der Waals surface area (Å²) in [6.07, 6.45) is 1.01. The molecule has 4 rings (SSSR count). The summed E-state index contributed by atoms with van der Waals surface area (Å²) in [5.41, 5.74) is 10.5. The molecule has 1 saturated heterocycles. The second-order valence-electron chi connectivity index (χ2n) is 7.31. The van der Waals surface area contributed by atoms with E-state index in [0.29, 0.717) is 18.0 Å². The molecule has 0 bridgehead atoms. The van der Waals surface area contributed by atoms with Crippen LogP contribution in [0, 0.1) is 25.7 Å². The highest BCUT2D eigenvalue weighted by Crippen LogP contribution is 2.50.